The topological polar surface area (TPSA) is 140 Å². The third-order valence-corrected chi connectivity index (χ3v) is 6.86. The van der Waals surface area contributed by atoms with Crippen molar-refractivity contribution >= 4 is 29.7 Å². The highest BCUT2D eigenvalue weighted by Gasteiger charge is 2.57. The minimum absolute atomic E-state index is 0.0246. The molecule has 148 valence electrons. The maximum atomic E-state index is 12.3. The van der Waals surface area contributed by atoms with Gasteiger partial charge in [0.05, 0.1) is 24.1 Å². The van der Waals surface area contributed by atoms with E-state index in [2.05, 4.69) is 16.2 Å². The van der Waals surface area contributed by atoms with Gasteiger partial charge >= 0.3 is 6.16 Å². The Hall–Kier alpha value is -1.82. The van der Waals surface area contributed by atoms with E-state index in [4.69, 9.17) is 9.84 Å². The minimum Gasteiger partial charge on any atom is -0.449 e. The molecule has 10 nitrogen and oxygen atoms in total. The van der Waals surface area contributed by atoms with Gasteiger partial charge in [-0.2, -0.15) is 0 Å². The van der Waals surface area contributed by atoms with Crippen molar-refractivity contribution < 1.29 is 29.3 Å². The average molecular weight is 398 g/mol. The van der Waals surface area contributed by atoms with Crippen LogP contribution >= 0.6 is 11.8 Å². The number of aliphatic hydroxyl groups excluding tert-OH is 1. The molecular weight excluding hydrogens is 376 g/mol. The zero-order valence-corrected chi connectivity index (χ0v) is 15.5. The van der Waals surface area contributed by atoms with Crippen LogP contribution in [0.2, 0.25) is 0 Å². The van der Waals surface area contributed by atoms with Crippen molar-refractivity contribution in [2.75, 3.05) is 6.54 Å². The number of nitrogens with zero attached hydrogens (tertiary/aromatic N) is 1. The van der Waals surface area contributed by atoms with E-state index in [1.807, 2.05) is 0 Å². The lowest BCUT2D eigenvalue weighted by Gasteiger charge is -2.44. The van der Waals surface area contributed by atoms with Gasteiger partial charge in [-0.05, 0) is 13.3 Å². The second-order valence-electron chi connectivity index (χ2n) is 7.34. The van der Waals surface area contributed by atoms with Gasteiger partial charge in [0.15, 0.2) is 0 Å². The number of thioether (sulfide) groups is 1. The Morgan fingerprint density at radius 3 is 2.74 bits per heavy atom. The predicted octanol–water partition coefficient (Wildman–Crippen LogP) is -0.682. The van der Waals surface area contributed by atoms with Crippen LogP contribution in [0.3, 0.4) is 0 Å². The molecule has 4 aliphatic heterocycles. The van der Waals surface area contributed by atoms with Crippen LogP contribution < -0.4 is 16.2 Å². The Labute approximate surface area is 159 Å². The van der Waals surface area contributed by atoms with Gasteiger partial charge < -0.3 is 20.3 Å². The highest BCUT2D eigenvalue weighted by atomic mass is 32.2. The number of fused-ring (bicyclic) bond motifs is 1. The molecule has 0 radical (unpaired) electrons. The van der Waals surface area contributed by atoms with Crippen LogP contribution in [0.4, 0.5) is 4.79 Å². The molecule has 3 fully saturated rings. The van der Waals surface area contributed by atoms with Crippen molar-refractivity contribution in [1.29, 1.82) is 0 Å². The fourth-order valence-corrected chi connectivity index (χ4v) is 5.70. The molecule has 4 aliphatic rings. The fourth-order valence-electron chi connectivity index (χ4n) is 4.31. The SMILES string of the molecule is C[C@@H](O)[C@H]1C(=O)N2C(OC(=O)O)=C(S[C@@H]3CN[C@H](C4CC(=O)NN4)C3)C[C@H]12. The highest BCUT2D eigenvalue weighted by molar-refractivity contribution is 8.03. The normalized spacial score (nSPS) is 36.5. The van der Waals surface area contributed by atoms with E-state index in [1.54, 1.807) is 6.92 Å². The molecular formula is C16H22N4O6S. The molecule has 27 heavy (non-hydrogen) atoms. The summed E-state index contributed by atoms with van der Waals surface area (Å²) >= 11 is 1.51. The van der Waals surface area contributed by atoms with Gasteiger partial charge in [0.25, 0.3) is 0 Å². The maximum Gasteiger partial charge on any atom is 0.512 e. The van der Waals surface area contributed by atoms with E-state index in [9.17, 15) is 19.5 Å². The minimum atomic E-state index is -1.46. The summed E-state index contributed by atoms with van der Waals surface area (Å²) in [6.45, 7) is 2.28. The predicted molar refractivity (Wildman–Crippen MR) is 94.0 cm³/mol. The Kier molecular flexibility index (Phi) is 4.78. The van der Waals surface area contributed by atoms with Crippen molar-refractivity contribution in [3.8, 4) is 0 Å². The van der Waals surface area contributed by atoms with Crippen LogP contribution in [-0.2, 0) is 14.3 Å². The van der Waals surface area contributed by atoms with Crippen LogP contribution in [0, 0.1) is 5.92 Å². The molecule has 4 heterocycles. The van der Waals surface area contributed by atoms with Crippen LogP contribution in [0.5, 0.6) is 0 Å². The number of carbonyl (C=O) groups excluding carboxylic acids is 2. The molecule has 6 atom stereocenters. The second kappa shape index (κ2) is 6.97. The summed E-state index contributed by atoms with van der Waals surface area (Å²) in [6, 6.07) is -0.0921. The Bertz CT molecular complexity index is 713. The van der Waals surface area contributed by atoms with Gasteiger partial charge in [-0.15, -0.1) is 11.8 Å². The van der Waals surface area contributed by atoms with Crippen molar-refractivity contribution in [3.05, 3.63) is 10.8 Å². The lowest BCUT2D eigenvalue weighted by atomic mass is 9.84. The molecule has 0 spiro atoms. The molecule has 0 bridgehead atoms. The highest BCUT2D eigenvalue weighted by Crippen LogP contribution is 2.49. The first-order valence-corrected chi connectivity index (χ1v) is 9.82. The van der Waals surface area contributed by atoms with Gasteiger partial charge in [0, 0.05) is 35.6 Å². The van der Waals surface area contributed by atoms with Gasteiger partial charge in [0.1, 0.15) is 0 Å². The van der Waals surface area contributed by atoms with Gasteiger partial charge in [-0.25, -0.2) is 10.2 Å². The van der Waals surface area contributed by atoms with E-state index in [-0.39, 0.29) is 41.1 Å². The smallest absolute Gasteiger partial charge is 0.449 e. The number of ether oxygens (including phenoxy) is 1. The summed E-state index contributed by atoms with van der Waals surface area (Å²) in [6.07, 6.45) is -0.535. The summed E-state index contributed by atoms with van der Waals surface area (Å²) in [5.41, 5.74) is 5.58. The molecule has 4 rings (SSSR count). The monoisotopic (exact) mass is 398 g/mol. The number of aliphatic hydroxyl groups is 1. The van der Waals surface area contributed by atoms with Crippen LogP contribution in [0.15, 0.2) is 10.8 Å². The second-order valence-corrected chi connectivity index (χ2v) is 8.73. The molecule has 5 N–H and O–H groups in total. The van der Waals surface area contributed by atoms with Crippen molar-refractivity contribution in [2.24, 2.45) is 5.92 Å². The number of hydrazine groups is 1. The summed E-state index contributed by atoms with van der Waals surface area (Å²) < 4.78 is 4.92. The third-order valence-electron chi connectivity index (χ3n) is 5.55. The number of carboxylic acid groups (broad SMARTS) is 1. The van der Waals surface area contributed by atoms with Crippen LogP contribution in [0.1, 0.15) is 26.2 Å². The lowest BCUT2D eigenvalue weighted by Crippen LogP contribution is -2.61. The average Bonchev–Trinajstić information content (AvgIpc) is 3.26. The first kappa shape index (κ1) is 18.5. The number of β-lactam (4-membered cyclic amide) rings is 1. The molecule has 0 aliphatic carbocycles. The molecule has 0 saturated carbocycles. The number of carbonyl (C=O) groups is 3. The Morgan fingerprint density at radius 1 is 1.33 bits per heavy atom. The number of nitrogens with one attached hydrogen (secondary N) is 3. The fraction of sp³-hybridized carbons (Fsp3) is 0.688. The molecule has 11 heteroatoms. The zero-order valence-electron chi connectivity index (χ0n) is 14.7. The number of hydrogen-bond acceptors (Lipinski definition) is 8. The summed E-state index contributed by atoms with van der Waals surface area (Å²) in [7, 11) is 0. The van der Waals surface area contributed by atoms with Crippen molar-refractivity contribution in [1.82, 2.24) is 21.1 Å². The number of hydrogen-bond donors (Lipinski definition) is 5. The summed E-state index contributed by atoms with van der Waals surface area (Å²) in [5.74, 6) is -0.770. The first-order valence-electron chi connectivity index (χ1n) is 8.94. The molecule has 0 aromatic heterocycles. The van der Waals surface area contributed by atoms with E-state index < -0.39 is 18.2 Å². The van der Waals surface area contributed by atoms with Crippen LogP contribution in [0.25, 0.3) is 0 Å². The third kappa shape index (κ3) is 3.28. The van der Waals surface area contributed by atoms with E-state index in [0.29, 0.717) is 19.4 Å². The van der Waals surface area contributed by atoms with Crippen molar-refractivity contribution in [3.63, 3.8) is 0 Å². The number of rotatable bonds is 5. The molecule has 3 saturated heterocycles. The lowest BCUT2D eigenvalue weighted by molar-refractivity contribution is -0.161. The van der Waals surface area contributed by atoms with Crippen LogP contribution in [-0.4, -0.2) is 69.1 Å². The van der Waals surface area contributed by atoms with Gasteiger partial charge in [-0.3, -0.25) is 19.9 Å². The summed E-state index contributed by atoms with van der Waals surface area (Å²) in [4.78, 5) is 36.8. The quantitative estimate of drug-likeness (QED) is 0.301. The Balaban J connectivity index is 1.44. The van der Waals surface area contributed by atoms with E-state index in [1.165, 1.54) is 16.7 Å². The maximum absolute atomic E-state index is 12.3. The first-order chi connectivity index (χ1) is 12.8. The van der Waals surface area contributed by atoms with Gasteiger partial charge in [-0.1, -0.05) is 0 Å². The Morgan fingerprint density at radius 2 is 2.11 bits per heavy atom. The molecule has 0 aromatic carbocycles. The van der Waals surface area contributed by atoms with Gasteiger partial charge in [0.2, 0.25) is 17.7 Å². The largest absolute Gasteiger partial charge is 0.512 e. The number of amides is 2. The van der Waals surface area contributed by atoms with E-state index >= 15 is 0 Å². The molecule has 0 aromatic rings. The van der Waals surface area contributed by atoms with E-state index in [0.717, 1.165) is 11.3 Å². The molecule has 2 amide bonds. The summed E-state index contributed by atoms with van der Waals surface area (Å²) in [5, 5.41) is 22.4. The zero-order chi connectivity index (χ0) is 19.3. The van der Waals surface area contributed by atoms with Crippen molar-refractivity contribution in [2.45, 2.75) is 55.7 Å². The molecule has 1 unspecified atom stereocenters. The standard InChI is InChI=1S/C16H22N4O6S/c1-6(21)13-10-4-11(15(26-16(24)25)20(10)14(13)23)27-7-2-8(17-5-7)9-3-12(22)19-18-9/h6-10,13,17-18,21H,2-5H2,1H3,(H,19,22)(H,24,25)/t6-,7+,8+,9?,10-,13-/m1/s1.